The summed E-state index contributed by atoms with van der Waals surface area (Å²) >= 11 is 0. The van der Waals surface area contributed by atoms with E-state index in [2.05, 4.69) is 12.1 Å². The van der Waals surface area contributed by atoms with E-state index in [9.17, 15) is 4.79 Å². The molecule has 0 unspecified atom stereocenters. The van der Waals surface area contributed by atoms with Gasteiger partial charge < -0.3 is 5.11 Å². The zero-order valence-electron chi connectivity index (χ0n) is 10.9. The van der Waals surface area contributed by atoms with Gasteiger partial charge in [0, 0.05) is 0 Å². The van der Waals surface area contributed by atoms with Crippen molar-refractivity contribution in [1.82, 2.24) is 0 Å². The van der Waals surface area contributed by atoms with Crippen LogP contribution < -0.4 is 0 Å². The zero-order chi connectivity index (χ0) is 13.2. The first-order valence-corrected chi connectivity index (χ1v) is 7.01. The van der Waals surface area contributed by atoms with Crippen molar-refractivity contribution in [2.45, 2.75) is 38.0 Å². The number of carboxylic acid groups (broad SMARTS) is 1. The van der Waals surface area contributed by atoms with E-state index in [1.54, 1.807) is 12.1 Å². The number of hydrogen-bond acceptors (Lipinski definition) is 1. The van der Waals surface area contributed by atoms with E-state index in [-0.39, 0.29) is 0 Å². The molecule has 0 bridgehead atoms. The Hall–Kier alpha value is -1.83. The summed E-state index contributed by atoms with van der Waals surface area (Å²) in [6.45, 7) is 0. The fourth-order valence-corrected chi connectivity index (χ4v) is 3.21. The van der Waals surface area contributed by atoms with Crippen molar-refractivity contribution in [3.8, 4) is 0 Å². The highest BCUT2D eigenvalue weighted by molar-refractivity contribution is 5.95. The second-order valence-corrected chi connectivity index (χ2v) is 5.42. The molecule has 0 atom stereocenters. The number of aromatic carboxylic acids is 1. The van der Waals surface area contributed by atoms with Crippen LogP contribution in [-0.2, 0) is 0 Å². The van der Waals surface area contributed by atoms with Crippen molar-refractivity contribution in [3.63, 3.8) is 0 Å². The smallest absolute Gasteiger partial charge is 0.335 e. The highest BCUT2D eigenvalue weighted by atomic mass is 16.4. The Kier molecular flexibility index (Phi) is 3.24. The average molecular weight is 254 g/mol. The minimum atomic E-state index is -0.857. The molecule has 0 aromatic heterocycles. The Balaban J connectivity index is 2.07. The number of carboxylic acids is 1. The fraction of sp³-hybridized carbons (Fsp3) is 0.353. The fourth-order valence-electron chi connectivity index (χ4n) is 3.21. The second kappa shape index (κ2) is 5.04. The molecule has 0 saturated heterocycles. The second-order valence-electron chi connectivity index (χ2n) is 5.42. The molecule has 1 fully saturated rings. The van der Waals surface area contributed by atoms with Crippen molar-refractivity contribution in [3.05, 3.63) is 47.5 Å². The molecule has 0 radical (unpaired) electrons. The van der Waals surface area contributed by atoms with E-state index in [0.29, 0.717) is 11.5 Å². The third-order valence-corrected chi connectivity index (χ3v) is 4.21. The number of rotatable bonds is 2. The lowest BCUT2D eigenvalue weighted by molar-refractivity contribution is 0.0697. The Morgan fingerprint density at radius 1 is 1.05 bits per heavy atom. The van der Waals surface area contributed by atoms with E-state index in [4.69, 9.17) is 5.11 Å². The van der Waals surface area contributed by atoms with E-state index in [1.165, 1.54) is 43.1 Å². The maximum absolute atomic E-state index is 11.0. The summed E-state index contributed by atoms with van der Waals surface area (Å²) in [5.74, 6) is -0.210. The van der Waals surface area contributed by atoms with Crippen molar-refractivity contribution in [2.75, 3.05) is 0 Å². The van der Waals surface area contributed by atoms with Crippen LogP contribution >= 0.6 is 0 Å². The van der Waals surface area contributed by atoms with Crippen molar-refractivity contribution >= 4 is 16.7 Å². The van der Waals surface area contributed by atoms with Crippen LogP contribution in [0.2, 0.25) is 0 Å². The predicted octanol–water partition coefficient (Wildman–Crippen LogP) is 4.59. The molecule has 1 N–H and O–H groups in total. The van der Waals surface area contributed by atoms with Gasteiger partial charge in [0.05, 0.1) is 5.56 Å². The lowest BCUT2D eigenvalue weighted by Gasteiger charge is -2.23. The molecule has 0 amide bonds. The summed E-state index contributed by atoms with van der Waals surface area (Å²) in [7, 11) is 0. The van der Waals surface area contributed by atoms with Gasteiger partial charge in [0.15, 0.2) is 0 Å². The molecular formula is C17H18O2. The van der Waals surface area contributed by atoms with Gasteiger partial charge in [-0.2, -0.15) is 0 Å². The SMILES string of the molecule is O=C(O)c1ccc2c(C3CCCCC3)cccc2c1. The van der Waals surface area contributed by atoms with Crippen molar-refractivity contribution in [2.24, 2.45) is 0 Å². The van der Waals surface area contributed by atoms with Gasteiger partial charge in [0.25, 0.3) is 0 Å². The standard InChI is InChI=1S/C17H18O2/c18-17(19)14-9-10-16-13(11-14)7-4-8-15(16)12-5-2-1-3-6-12/h4,7-12H,1-3,5-6H2,(H,18,19). The van der Waals surface area contributed by atoms with Gasteiger partial charge in [0.1, 0.15) is 0 Å². The monoisotopic (exact) mass is 254 g/mol. The largest absolute Gasteiger partial charge is 0.478 e. The molecule has 2 heteroatoms. The summed E-state index contributed by atoms with van der Waals surface area (Å²) < 4.78 is 0. The van der Waals surface area contributed by atoms with Crippen LogP contribution in [0.5, 0.6) is 0 Å². The topological polar surface area (TPSA) is 37.3 Å². The molecule has 2 aromatic rings. The predicted molar refractivity (Wildman–Crippen MR) is 76.7 cm³/mol. The van der Waals surface area contributed by atoms with Crippen LogP contribution in [0.15, 0.2) is 36.4 Å². The van der Waals surface area contributed by atoms with E-state index in [1.807, 2.05) is 12.1 Å². The molecule has 0 spiro atoms. The third kappa shape index (κ3) is 2.35. The molecule has 1 aliphatic rings. The lowest BCUT2D eigenvalue weighted by Crippen LogP contribution is -2.05. The van der Waals surface area contributed by atoms with Crippen LogP contribution in [0.3, 0.4) is 0 Å². The zero-order valence-corrected chi connectivity index (χ0v) is 10.9. The molecule has 1 aliphatic carbocycles. The van der Waals surface area contributed by atoms with Gasteiger partial charge in [-0.25, -0.2) is 4.79 Å². The molecule has 98 valence electrons. The summed E-state index contributed by atoms with van der Waals surface area (Å²) in [5, 5.41) is 11.3. The summed E-state index contributed by atoms with van der Waals surface area (Å²) in [4.78, 5) is 11.0. The van der Waals surface area contributed by atoms with E-state index >= 15 is 0 Å². The Bertz CT molecular complexity index is 610. The maximum Gasteiger partial charge on any atom is 0.335 e. The average Bonchev–Trinajstić information content (AvgIpc) is 2.47. The highest BCUT2D eigenvalue weighted by Gasteiger charge is 2.17. The molecule has 2 nitrogen and oxygen atoms in total. The number of carbonyl (C=O) groups is 1. The van der Waals surface area contributed by atoms with E-state index < -0.39 is 5.97 Å². The first-order chi connectivity index (χ1) is 9.25. The van der Waals surface area contributed by atoms with Gasteiger partial charge in [-0.05, 0) is 47.2 Å². The maximum atomic E-state index is 11.0. The molecule has 19 heavy (non-hydrogen) atoms. The van der Waals surface area contributed by atoms with Crippen LogP contribution in [0.1, 0.15) is 53.9 Å². The normalized spacial score (nSPS) is 16.6. The van der Waals surface area contributed by atoms with E-state index in [0.717, 1.165) is 5.39 Å². The molecular weight excluding hydrogens is 236 g/mol. The van der Waals surface area contributed by atoms with Crippen LogP contribution in [-0.4, -0.2) is 11.1 Å². The van der Waals surface area contributed by atoms with Crippen molar-refractivity contribution in [1.29, 1.82) is 0 Å². The van der Waals surface area contributed by atoms with Crippen LogP contribution in [0, 0.1) is 0 Å². The summed E-state index contributed by atoms with van der Waals surface area (Å²) in [6.07, 6.45) is 6.51. The Morgan fingerprint density at radius 3 is 2.58 bits per heavy atom. The molecule has 0 heterocycles. The highest BCUT2D eigenvalue weighted by Crippen LogP contribution is 2.36. The Labute approximate surface area is 113 Å². The third-order valence-electron chi connectivity index (χ3n) is 4.21. The summed E-state index contributed by atoms with van der Waals surface area (Å²) in [6, 6.07) is 11.7. The van der Waals surface area contributed by atoms with Gasteiger partial charge in [-0.1, -0.05) is 43.5 Å². The minimum Gasteiger partial charge on any atom is -0.478 e. The van der Waals surface area contributed by atoms with Gasteiger partial charge >= 0.3 is 5.97 Å². The van der Waals surface area contributed by atoms with Gasteiger partial charge in [-0.3, -0.25) is 0 Å². The number of fused-ring (bicyclic) bond motifs is 1. The van der Waals surface area contributed by atoms with Crippen molar-refractivity contribution < 1.29 is 9.90 Å². The molecule has 2 aromatic carbocycles. The van der Waals surface area contributed by atoms with Gasteiger partial charge in [-0.15, -0.1) is 0 Å². The van der Waals surface area contributed by atoms with Gasteiger partial charge in [0.2, 0.25) is 0 Å². The first kappa shape index (κ1) is 12.2. The quantitative estimate of drug-likeness (QED) is 0.851. The van der Waals surface area contributed by atoms with Crippen LogP contribution in [0.4, 0.5) is 0 Å². The number of benzene rings is 2. The summed E-state index contributed by atoms with van der Waals surface area (Å²) in [5.41, 5.74) is 1.77. The first-order valence-electron chi connectivity index (χ1n) is 7.01. The minimum absolute atomic E-state index is 0.369. The Morgan fingerprint density at radius 2 is 1.84 bits per heavy atom. The lowest BCUT2D eigenvalue weighted by atomic mass is 9.82. The molecule has 3 rings (SSSR count). The number of hydrogen-bond donors (Lipinski definition) is 1. The van der Waals surface area contributed by atoms with Crippen LogP contribution in [0.25, 0.3) is 10.8 Å². The molecule has 1 saturated carbocycles. The molecule has 0 aliphatic heterocycles.